The molecule has 0 radical (unpaired) electrons. The van der Waals surface area contributed by atoms with Crippen LogP contribution in [0, 0.1) is 0 Å². The van der Waals surface area contributed by atoms with E-state index in [-0.39, 0.29) is 18.8 Å². The van der Waals surface area contributed by atoms with Crippen molar-refractivity contribution >= 4 is 17.7 Å². The van der Waals surface area contributed by atoms with Crippen LogP contribution in [0.2, 0.25) is 0 Å². The fourth-order valence-electron chi connectivity index (χ4n) is 5.99. The van der Waals surface area contributed by atoms with Gasteiger partial charge < -0.3 is 19.5 Å². The van der Waals surface area contributed by atoms with Crippen molar-refractivity contribution in [1.29, 1.82) is 0 Å². The van der Waals surface area contributed by atoms with Crippen LogP contribution in [0.5, 0.6) is 0 Å². The third kappa shape index (κ3) is 6.95. The van der Waals surface area contributed by atoms with Crippen LogP contribution in [-0.2, 0) is 24.6 Å². The number of benzene rings is 4. The van der Waals surface area contributed by atoms with Crippen molar-refractivity contribution in [3.8, 4) is 0 Å². The van der Waals surface area contributed by atoms with E-state index in [9.17, 15) is 14.4 Å². The summed E-state index contributed by atoms with van der Waals surface area (Å²) >= 11 is 0. The highest BCUT2D eigenvalue weighted by atomic mass is 19.1. The van der Waals surface area contributed by atoms with Gasteiger partial charge in [0.15, 0.2) is 12.3 Å². The molecule has 1 N–H and O–H groups in total. The Balaban J connectivity index is 1.31. The highest BCUT2D eigenvalue weighted by molar-refractivity contribution is 6.03. The van der Waals surface area contributed by atoms with Gasteiger partial charge in [-0.15, -0.1) is 0 Å². The Morgan fingerprint density at radius 3 is 1.88 bits per heavy atom. The van der Waals surface area contributed by atoms with Gasteiger partial charge in [-0.05, 0) is 34.9 Å². The SMILES string of the molecule is CC(=O)O[C@H]1[C@H](n2ccc(NC(=O)c3ccccc3)nc2=O)O[C@H](COC(c2ccccc2)(c2ccccc2)c2ccccc2)C[C@@H]1F. The lowest BCUT2D eigenvalue weighted by Gasteiger charge is -2.41. The first kappa shape index (κ1) is 32.5. The molecule has 0 aliphatic carbocycles. The van der Waals surface area contributed by atoms with Crippen LogP contribution in [0.1, 0.15) is 46.6 Å². The van der Waals surface area contributed by atoms with E-state index in [2.05, 4.69) is 10.3 Å². The van der Waals surface area contributed by atoms with Crippen LogP contribution in [0.4, 0.5) is 10.2 Å². The van der Waals surface area contributed by atoms with Gasteiger partial charge >= 0.3 is 11.7 Å². The largest absolute Gasteiger partial charge is 0.455 e. The molecule has 48 heavy (non-hydrogen) atoms. The zero-order chi connectivity index (χ0) is 33.5. The normalized spacial score (nSPS) is 19.3. The number of alkyl halides is 1. The van der Waals surface area contributed by atoms with Gasteiger partial charge in [-0.2, -0.15) is 4.98 Å². The van der Waals surface area contributed by atoms with Gasteiger partial charge in [-0.1, -0.05) is 109 Å². The van der Waals surface area contributed by atoms with E-state index < -0.39 is 47.8 Å². The number of esters is 1. The number of nitrogens with one attached hydrogen (secondary N) is 1. The van der Waals surface area contributed by atoms with Gasteiger partial charge in [0, 0.05) is 25.1 Å². The maximum absolute atomic E-state index is 15.9. The van der Waals surface area contributed by atoms with E-state index >= 15 is 4.39 Å². The predicted octanol–water partition coefficient (Wildman–Crippen LogP) is 6.06. The molecule has 1 aliphatic heterocycles. The Hall–Kier alpha value is -5.45. The zero-order valence-electron chi connectivity index (χ0n) is 26.1. The molecule has 1 aliphatic rings. The lowest BCUT2D eigenvalue weighted by Crippen LogP contribution is -2.50. The molecule has 1 amide bonds. The summed E-state index contributed by atoms with van der Waals surface area (Å²) in [5.74, 6) is -1.18. The second-order valence-electron chi connectivity index (χ2n) is 11.4. The molecule has 1 saturated heterocycles. The second kappa shape index (κ2) is 14.5. The van der Waals surface area contributed by atoms with Gasteiger partial charge in [-0.25, -0.2) is 9.18 Å². The highest BCUT2D eigenvalue weighted by Gasteiger charge is 2.45. The molecule has 5 aromatic rings. The quantitative estimate of drug-likeness (QED) is 0.145. The topological polar surface area (TPSA) is 109 Å². The molecular formula is C38H34FN3O6. The molecule has 0 spiro atoms. The summed E-state index contributed by atoms with van der Waals surface area (Å²) in [6.07, 6.45) is -4.15. The Kier molecular flexibility index (Phi) is 9.84. The highest BCUT2D eigenvalue weighted by Crippen LogP contribution is 2.41. The van der Waals surface area contributed by atoms with E-state index in [0.29, 0.717) is 5.56 Å². The van der Waals surface area contributed by atoms with Crippen LogP contribution < -0.4 is 11.0 Å². The average Bonchev–Trinajstić information content (AvgIpc) is 3.11. The fraction of sp³-hybridized carbons (Fsp3) is 0.211. The predicted molar refractivity (Wildman–Crippen MR) is 177 cm³/mol. The molecular weight excluding hydrogens is 613 g/mol. The molecule has 4 atom stereocenters. The van der Waals surface area contributed by atoms with Crippen molar-refractivity contribution in [2.45, 2.75) is 43.6 Å². The number of hydrogen-bond donors (Lipinski definition) is 1. The van der Waals surface area contributed by atoms with Crippen molar-refractivity contribution in [3.63, 3.8) is 0 Å². The number of hydrogen-bond acceptors (Lipinski definition) is 7. The van der Waals surface area contributed by atoms with Crippen molar-refractivity contribution in [1.82, 2.24) is 9.55 Å². The number of carbonyl (C=O) groups is 2. The van der Waals surface area contributed by atoms with Crippen LogP contribution >= 0.6 is 0 Å². The third-order valence-corrected chi connectivity index (χ3v) is 8.17. The molecule has 2 heterocycles. The summed E-state index contributed by atoms with van der Waals surface area (Å²) in [5.41, 5.74) is 1.05. The summed E-state index contributed by atoms with van der Waals surface area (Å²) in [5, 5.41) is 2.59. The smallest absolute Gasteiger partial charge is 0.351 e. The lowest BCUT2D eigenvalue weighted by molar-refractivity contribution is -0.217. The van der Waals surface area contributed by atoms with Gasteiger partial charge in [0.2, 0.25) is 0 Å². The number of nitrogens with zero attached hydrogens (tertiary/aromatic N) is 2. The maximum Gasteiger partial charge on any atom is 0.351 e. The standard InChI is InChI=1S/C38H34FN3O6/c1-26(43)47-34-32(39)24-31(48-36(34)42-23-22-33(41-37(42)45)40-35(44)27-14-6-2-7-15-27)25-46-38(28-16-8-3-9-17-28,29-18-10-4-11-19-29)30-20-12-5-13-21-30/h2-23,31-32,34,36H,24-25H2,1H3,(H,40,41,44,45)/t31-,32-,34+,36+/m0/s1. The summed E-state index contributed by atoms with van der Waals surface area (Å²) in [6.45, 7) is 1.09. The minimum absolute atomic E-state index is 0.00000231. The van der Waals surface area contributed by atoms with E-state index in [1.807, 2.05) is 91.0 Å². The number of amides is 1. The number of carbonyl (C=O) groups excluding carboxylic acids is 2. The molecule has 0 unspecified atom stereocenters. The molecule has 0 bridgehead atoms. The molecule has 1 aromatic heterocycles. The van der Waals surface area contributed by atoms with Gasteiger partial charge in [0.1, 0.15) is 17.6 Å². The maximum atomic E-state index is 15.9. The number of ether oxygens (including phenoxy) is 3. The number of rotatable bonds is 10. The first-order valence-corrected chi connectivity index (χ1v) is 15.6. The van der Waals surface area contributed by atoms with E-state index in [1.54, 1.807) is 30.3 Å². The van der Waals surface area contributed by atoms with Gasteiger partial charge in [-0.3, -0.25) is 14.2 Å². The monoisotopic (exact) mass is 647 g/mol. The molecule has 9 nitrogen and oxygen atoms in total. The second-order valence-corrected chi connectivity index (χ2v) is 11.4. The third-order valence-electron chi connectivity index (χ3n) is 8.17. The molecule has 244 valence electrons. The minimum Gasteiger partial charge on any atom is -0.455 e. The zero-order valence-corrected chi connectivity index (χ0v) is 26.1. The Morgan fingerprint density at radius 1 is 0.854 bits per heavy atom. The minimum atomic E-state index is -1.69. The molecule has 6 rings (SSSR count). The van der Waals surface area contributed by atoms with E-state index in [0.717, 1.165) is 28.2 Å². The van der Waals surface area contributed by atoms with E-state index in [1.165, 1.54) is 12.3 Å². The van der Waals surface area contributed by atoms with Crippen molar-refractivity contribution in [2.75, 3.05) is 11.9 Å². The molecule has 1 fully saturated rings. The summed E-state index contributed by atoms with van der Waals surface area (Å²) in [7, 11) is 0. The van der Waals surface area contributed by atoms with Crippen molar-refractivity contribution in [2.24, 2.45) is 0 Å². The summed E-state index contributed by atoms with van der Waals surface area (Å²) < 4.78 is 35.5. The molecule has 10 heteroatoms. The molecule has 0 saturated carbocycles. The number of halogens is 1. The van der Waals surface area contributed by atoms with Crippen molar-refractivity contribution < 1.29 is 28.2 Å². The van der Waals surface area contributed by atoms with Crippen molar-refractivity contribution in [3.05, 3.63) is 166 Å². The average molecular weight is 648 g/mol. The fourth-order valence-corrected chi connectivity index (χ4v) is 5.99. The number of anilines is 1. The lowest BCUT2D eigenvalue weighted by atomic mass is 9.80. The van der Waals surface area contributed by atoms with Gasteiger partial charge in [0.25, 0.3) is 5.91 Å². The molecule has 4 aromatic carbocycles. The van der Waals surface area contributed by atoms with E-state index in [4.69, 9.17) is 14.2 Å². The first-order chi connectivity index (χ1) is 23.3. The Morgan fingerprint density at radius 2 is 1.38 bits per heavy atom. The van der Waals surface area contributed by atoms with Crippen LogP contribution in [0.15, 0.2) is 138 Å². The Bertz CT molecular complexity index is 1790. The van der Waals surface area contributed by atoms with Crippen LogP contribution in [0.3, 0.4) is 0 Å². The van der Waals surface area contributed by atoms with Crippen LogP contribution in [-0.4, -0.2) is 46.4 Å². The summed E-state index contributed by atoms with van der Waals surface area (Å²) in [6, 6.07) is 39.1. The first-order valence-electron chi connectivity index (χ1n) is 15.6. The summed E-state index contributed by atoms with van der Waals surface area (Å²) in [4.78, 5) is 41.9. The van der Waals surface area contributed by atoms with Crippen LogP contribution in [0.25, 0.3) is 0 Å². The Labute approximate surface area is 276 Å². The van der Waals surface area contributed by atoms with Gasteiger partial charge in [0.05, 0.1) is 12.7 Å². The number of aromatic nitrogens is 2.